The molecule has 0 radical (unpaired) electrons. The Kier molecular flexibility index (Phi) is 4.09. The number of alkyl halides is 1. The molecule has 1 amide bonds. The summed E-state index contributed by atoms with van der Waals surface area (Å²) in [5, 5.41) is 9.38. The topological polar surface area (TPSA) is 66.8 Å². The molecule has 6 heteroatoms. The van der Waals surface area contributed by atoms with Crippen LogP contribution in [0.25, 0.3) is 0 Å². The highest BCUT2D eigenvalue weighted by molar-refractivity contribution is 9.09. The molecule has 0 aliphatic carbocycles. The number of ether oxygens (including phenoxy) is 1. The van der Waals surface area contributed by atoms with E-state index in [0.29, 0.717) is 24.3 Å². The molecule has 2 unspecified atom stereocenters. The van der Waals surface area contributed by atoms with Crippen LogP contribution in [0, 0.1) is 0 Å². The predicted molar refractivity (Wildman–Crippen MR) is 72.4 cm³/mol. The average molecular weight is 328 g/mol. The molecule has 0 aromatic heterocycles. The molecule has 1 saturated heterocycles. The number of carbonyl (C=O) groups is 2. The molecule has 102 valence electrons. The number of likely N-dealkylation sites (tertiary alicyclic amines) is 1. The molecule has 2 atom stereocenters. The molecule has 19 heavy (non-hydrogen) atoms. The molecule has 0 saturated carbocycles. The van der Waals surface area contributed by atoms with Crippen molar-refractivity contribution in [2.75, 3.05) is 13.7 Å². The molecular weight excluding hydrogens is 314 g/mol. The first-order valence-electron chi connectivity index (χ1n) is 5.83. The molecule has 1 aromatic rings. The van der Waals surface area contributed by atoms with Gasteiger partial charge in [-0.3, -0.25) is 4.79 Å². The number of methoxy groups -OCH3 is 1. The Labute approximate surface area is 119 Å². The van der Waals surface area contributed by atoms with E-state index in [2.05, 4.69) is 15.9 Å². The molecule has 1 aliphatic rings. The molecule has 2 rings (SSSR count). The van der Waals surface area contributed by atoms with Gasteiger partial charge in [0.15, 0.2) is 6.04 Å². The summed E-state index contributed by atoms with van der Waals surface area (Å²) in [6.07, 6.45) is 0.333. The standard InChI is InChI=1S/C13H14BrNO4/c1-19-10-4-2-8(3-5-10)12(13(17)18)15-7-9(14)6-11(15)16/h2-5,9,12H,6-7H2,1H3,(H,17,18). The van der Waals surface area contributed by atoms with Crippen LogP contribution >= 0.6 is 15.9 Å². The second kappa shape index (κ2) is 5.61. The van der Waals surface area contributed by atoms with Gasteiger partial charge in [0.2, 0.25) is 5.91 Å². The van der Waals surface area contributed by atoms with Crippen LogP contribution in [-0.2, 0) is 9.59 Å². The van der Waals surface area contributed by atoms with Gasteiger partial charge in [0.05, 0.1) is 7.11 Å². The fourth-order valence-corrected chi connectivity index (χ4v) is 2.77. The fourth-order valence-electron chi connectivity index (χ4n) is 2.18. The summed E-state index contributed by atoms with van der Waals surface area (Å²) in [6.45, 7) is 0.405. The van der Waals surface area contributed by atoms with Gasteiger partial charge in [0.25, 0.3) is 0 Å². The molecule has 1 aliphatic heterocycles. The Balaban J connectivity index is 2.29. The van der Waals surface area contributed by atoms with Crippen LogP contribution in [0.3, 0.4) is 0 Å². The van der Waals surface area contributed by atoms with Crippen LogP contribution < -0.4 is 4.74 Å². The lowest BCUT2D eigenvalue weighted by atomic mass is 10.1. The Hall–Kier alpha value is -1.56. The Bertz CT molecular complexity index is 488. The maximum absolute atomic E-state index is 11.8. The molecule has 1 aromatic carbocycles. The molecule has 1 fully saturated rings. The number of nitrogens with zero attached hydrogens (tertiary/aromatic N) is 1. The SMILES string of the molecule is COc1ccc(C(C(=O)O)N2CC(Br)CC2=O)cc1. The molecule has 5 nitrogen and oxygen atoms in total. The van der Waals surface area contributed by atoms with E-state index >= 15 is 0 Å². The average Bonchev–Trinajstić information content (AvgIpc) is 2.69. The molecule has 1 heterocycles. The highest BCUT2D eigenvalue weighted by atomic mass is 79.9. The minimum Gasteiger partial charge on any atom is -0.497 e. The summed E-state index contributed by atoms with van der Waals surface area (Å²) in [5.41, 5.74) is 0.572. The highest BCUT2D eigenvalue weighted by Gasteiger charge is 2.37. The third kappa shape index (κ3) is 2.89. The maximum Gasteiger partial charge on any atom is 0.331 e. The maximum atomic E-state index is 11.8. The van der Waals surface area contributed by atoms with E-state index < -0.39 is 12.0 Å². The number of benzene rings is 1. The van der Waals surface area contributed by atoms with Crippen molar-refractivity contribution in [3.63, 3.8) is 0 Å². The Morgan fingerprint density at radius 1 is 1.47 bits per heavy atom. The lowest BCUT2D eigenvalue weighted by Gasteiger charge is -2.24. The largest absolute Gasteiger partial charge is 0.497 e. The van der Waals surface area contributed by atoms with Gasteiger partial charge in [-0.05, 0) is 17.7 Å². The Morgan fingerprint density at radius 3 is 2.53 bits per heavy atom. The number of hydrogen-bond donors (Lipinski definition) is 1. The quantitative estimate of drug-likeness (QED) is 0.856. The van der Waals surface area contributed by atoms with Crippen molar-refractivity contribution in [3.8, 4) is 5.75 Å². The van der Waals surface area contributed by atoms with E-state index in [4.69, 9.17) is 4.74 Å². The van der Waals surface area contributed by atoms with Gasteiger partial charge in [-0.15, -0.1) is 0 Å². The van der Waals surface area contributed by atoms with Gasteiger partial charge in [0.1, 0.15) is 5.75 Å². The van der Waals surface area contributed by atoms with E-state index in [1.165, 1.54) is 4.90 Å². The zero-order valence-corrected chi connectivity index (χ0v) is 12.0. The van der Waals surface area contributed by atoms with Gasteiger partial charge >= 0.3 is 5.97 Å². The van der Waals surface area contributed by atoms with E-state index in [-0.39, 0.29) is 10.7 Å². The summed E-state index contributed by atoms with van der Waals surface area (Å²) >= 11 is 3.36. The van der Waals surface area contributed by atoms with Crippen molar-refractivity contribution in [2.45, 2.75) is 17.3 Å². The number of amides is 1. The zero-order valence-electron chi connectivity index (χ0n) is 10.4. The lowest BCUT2D eigenvalue weighted by Crippen LogP contribution is -2.35. The van der Waals surface area contributed by atoms with Crippen LogP contribution in [0.1, 0.15) is 18.0 Å². The van der Waals surface area contributed by atoms with Crippen molar-refractivity contribution < 1.29 is 19.4 Å². The number of carboxylic acids is 1. The first-order chi connectivity index (χ1) is 9.02. The van der Waals surface area contributed by atoms with Crippen molar-refractivity contribution in [3.05, 3.63) is 29.8 Å². The van der Waals surface area contributed by atoms with E-state index in [1.807, 2.05) is 0 Å². The minimum absolute atomic E-state index is 0.0140. The molecule has 0 spiro atoms. The third-order valence-corrected chi connectivity index (χ3v) is 3.70. The summed E-state index contributed by atoms with van der Waals surface area (Å²) in [5.74, 6) is -0.524. The normalized spacial score (nSPS) is 20.4. The number of carbonyl (C=O) groups excluding carboxylic acids is 1. The summed E-state index contributed by atoms with van der Waals surface area (Å²) < 4.78 is 5.04. The monoisotopic (exact) mass is 327 g/mol. The van der Waals surface area contributed by atoms with Crippen LogP contribution in [-0.4, -0.2) is 40.4 Å². The summed E-state index contributed by atoms with van der Waals surface area (Å²) in [7, 11) is 1.54. The summed E-state index contributed by atoms with van der Waals surface area (Å²) in [6, 6.07) is 5.79. The van der Waals surface area contributed by atoms with Crippen LogP contribution in [0.5, 0.6) is 5.75 Å². The highest BCUT2D eigenvalue weighted by Crippen LogP contribution is 2.30. The third-order valence-electron chi connectivity index (χ3n) is 3.09. The number of carboxylic acid groups (broad SMARTS) is 1. The number of rotatable bonds is 4. The van der Waals surface area contributed by atoms with Crippen LogP contribution in [0.2, 0.25) is 0 Å². The van der Waals surface area contributed by atoms with Crippen molar-refractivity contribution in [1.29, 1.82) is 0 Å². The number of halogens is 1. The number of aliphatic carboxylic acids is 1. The number of hydrogen-bond acceptors (Lipinski definition) is 3. The lowest BCUT2D eigenvalue weighted by molar-refractivity contribution is -0.148. The second-order valence-corrected chi connectivity index (χ2v) is 5.66. The van der Waals surface area contributed by atoms with Gasteiger partial charge in [0, 0.05) is 17.8 Å². The van der Waals surface area contributed by atoms with Crippen LogP contribution in [0.4, 0.5) is 0 Å². The molecular formula is C13H14BrNO4. The first kappa shape index (κ1) is 13.9. The van der Waals surface area contributed by atoms with E-state index in [1.54, 1.807) is 31.4 Å². The second-order valence-electron chi connectivity index (χ2n) is 4.36. The van der Waals surface area contributed by atoms with Gasteiger partial charge in [-0.1, -0.05) is 28.1 Å². The zero-order chi connectivity index (χ0) is 14.0. The summed E-state index contributed by atoms with van der Waals surface area (Å²) in [4.78, 5) is 24.7. The minimum atomic E-state index is -1.03. The first-order valence-corrected chi connectivity index (χ1v) is 6.74. The van der Waals surface area contributed by atoms with Crippen LogP contribution in [0.15, 0.2) is 24.3 Å². The molecule has 0 bridgehead atoms. The fraction of sp³-hybridized carbons (Fsp3) is 0.385. The molecule has 1 N–H and O–H groups in total. The van der Waals surface area contributed by atoms with Gasteiger partial charge in [-0.2, -0.15) is 0 Å². The van der Waals surface area contributed by atoms with Crippen molar-refractivity contribution in [1.82, 2.24) is 4.90 Å². The van der Waals surface area contributed by atoms with Crippen molar-refractivity contribution in [2.24, 2.45) is 0 Å². The van der Waals surface area contributed by atoms with E-state index in [0.717, 1.165) is 0 Å². The van der Waals surface area contributed by atoms with E-state index in [9.17, 15) is 14.7 Å². The van der Waals surface area contributed by atoms with Gasteiger partial charge < -0.3 is 14.7 Å². The van der Waals surface area contributed by atoms with Crippen molar-refractivity contribution >= 4 is 27.8 Å². The smallest absolute Gasteiger partial charge is 0.331 e. The van der Waals surface area contributed by atoms with Gasteiger partial charge in [-0.25, -0.2) is 4.79 Å². The Morgan fingerprint density at radius 2 is 2.11 bits per heavy atom. The predicted octanol–water partition coefficient (Wildman–Crippen LogP) is 1.82.